The van der Waals surface area contributed by atoms with E-state index in [1.807, 2.05) is 44.3 Å². The zero-order chi connectivity index (χ0) is 15.5. The van der Waals surface area contributed by atoms with Gasteiger partial charge in [0.05, 0.1) is 17.4 Å². The summed E-state index contributed by atoms with van der Waals surface area (Å²) >= 11 is 0. The van der Waals surface area contributed by atoms with Crippen molar-refractivity contribution in [3.63, 3.8) is 0 Å². The lowest BCUT2D eigenvalue weighted by atomic mass is 10.1. The van der Waals surface area contributed by atoms with Crippen molar-refractivity contribution in [3.8, 4) is 0 Å². The zero-order valence-corrected chi connectivity index (χ0v) is 12.8. The molecule has 2 N–H and O–H groups in total. The molecular weight excluding hydrogens is 274 g/mol. The molecule has 1 unspecified atom stereocenters. The maximum Gasteiger partial charge on any atom is 0.244 e. The Bertz CT molecular complexity index is 848. The molecule has 1 aromatic carbocycles. The average molecular weight is 293 g/mol. The van der Waals surface area contributed by atoms with Crippen LogP contribution >= 0.6 is 0 Å². The van der Waals surface area contributed by atoms with Crippen LogP contribution in [0, 0.1) is 0 Å². The van der Waals surface area contributed by atoms with Crippen LogP contribution in [-0.2, 0) is 4.79 Å². The summed E-state index contributed by atoms with van der Waals surface area (Å²) in [6.45, 7) is 4.03. The highest BCUT2D eigenvalue weighted by Gasteiger charge is 2.05. The van der Waals surface area contributed by atoms with E-state index < -0.39 is 0 Å². The second-order valence-corrected chi connectivity index (χ2v) is 5.48. The lowest BCUT2D eigenvalue weighted by Gasteiger charge is -2.08. The molecule has 112 valence electrons. The number of rotatable bonds is 4. The molecule has 0 aliphatic rings. The Morgan fingerprint density at radius 2 is 2.14 bits per heavy atom. The van der Waals surface area contributed by atoms with E-state index in [9.17, 15) is 4.79 Å². The maximum atomic E-state index is 11.8. The van der Waals surface area contributed by atoms with Gasteiger partial charge < -0.3 is 10.3 Å². The second kappa shape index (κ2) is 6.02. The highest BCUT2D eigenvalue weighted by atomic mass is 16.1. The van der Waals surface area contributed by atoms with Gasteiger partial charge in [0.2, 0.25) is 5.91 Å². The van der Waals surface area contributed by atoms with Crippen LogP contribution in [0.15, 0.2) is 42.6 Å². The normalized spacial score (nSPS) is 13.0. The van der Waals surface area contributed by atoms with Gasteiger partial charge in [-0.05, 0) is 31.6 Å². The van der Waals surface area contributed by atoms with E-state index in [1.54, 1.807) is 6.08 Å². The SMILES string of the molecule is CCC(C)NC(=O)/C=C/c1cc2c(cn1)[nH]c1ccccc12. The summed E-state index contributed by atoms with van der Waals surface area (Å²) in [4.78, 5) is 19.5. The largest absolute Gasteiger partial charge is 0.353 e. The van der Waals surface area contributed by atoms with Crippen LogP contribution in [0.25, 0.3) is 27.9 Å². The van der Waals surface area contributed by atoms with Gasteiger partial charge >= 0.3 is 0 Å². The summed E-state index contributed by atoms with van der Waals surface area (Å²) in [7, 11) is 0. The molecule has 22 heavy (non-hydrogen) atoms. The van der Waals surface area contributed by atoms with Gasteiger partial charge in [0.1, 0.15) is 0 Å². The number of aromatic amines is 1. The van der Waals surface area contributed by atoms with Crippen molar-refractivity contribution >= 4 is 33.8 Å². The lowest BCUT2D eigenvalue weighted by molar-refractivity contribution is -0.117. The smallest absolute Gasteiger partial charge is 0.244 e. The average Bonchev–Trinajstić information content (AvgIpc) is 2.90. The van der Waals surface area contributed by atoms with Crippen LogP contribution in [-0.4, -0.2) is 21.9 Å². The van der Waals surface area contributed by atoms with E-state index >= 15 is 0 Å². The van der Waals surface area contributed by atoms with Crippen LogP contribution in [0.4, 0.5) is 0 Å². The fourth-order valence-corrected chi connectivity index (χ4v) is 2.41. The third kappa shape index (κ3) is 2.86. The summed E-state index contributed by atoms with van der Waals surface area (Å²) in [5.41, 5.74) is 2.87. The molecule has 0 spiro atoms. The van der Waals surface area contributed by atoms with Crippen molar-refractivity contribution in [2.75, 3.05) is 0 Å². The van der Waals surface area contributed by atoms with Gasteiger partial charge in [-0.15, -0.1) is 0 Å². The van der Waals surface area contributed by atoms with Gasteiger partial charge in [0, 0.05) is 28.4 Å². The number of para-hydroxylation sites is 1. The molecular formula is C18H19N3O. The number of aromatic nitrogens is 2. The van der Waals surface area contributed by atoms with Crippen molar-refractivity contribution in [2.45, 2.75) is 26.3 Å². The first kappa shape index (κ1) is 14.3. The number of nitrogens with zero attached hydrogens (tertiary/aromatic N) is 1. The standard InChI is InChI=1S/C18H19N3O/c1-3-12(2)20-18(22)9-8-13-10-15-14-6-4-5-7-16(14)21-17(15)11-19-13/h4-12,21H,3H2,1-2H3,(H,20,22)/b9-8+. The van der Waals surface area contributed by atoms with E-state index in [1.165, 1.54) is 11.5 Å². The minimum Gasteiger partial charge on any atom is -0.353 e. The number of nitrogens with one attached hydrogen (secondary N) is 2. The number of hydrogen-bond donors (Lipinski definition) is 2. The number of H-pyrrole nitrogens is 1. The third-order valence-electron chi connectivity index (χ3n) is 3.82. The zero-order valence-electron chi connectivity index (χ0n) is 12.8. The second-order valence-electron chi connectivity index (χ2n) is 5.48. The van der Waals surface area contributed by atoms with Gasteiger partial charge in [0.25, 0.3) is 0 Å². The highest BCUT2D eigenvalue weighted by Crippen LogP contribution is 2.25. The molecule has 0 aliphatic heterocycles. The van der Waals surface area contributed by atoms with Gasteiger partial charge in [-0.3, -0.25) is 9.78 Å². The molecule has 3 rings (SSSR count). The molecule has 2 aromatic heterocycles. The Morgan fingerprint density at radius 3 is 2.95 bits per heavy atom. The number of benzene rings is 1. The maximum absolute atomic E-state index is 11.8. The molecule has 4 nitrogen and oxygen atoms in total. The Morgan fingerprint density at radius 1 is 1.32 bits per heavy atom. The number of fused-ring (bicyclic) bond motifs is 3. The Hall–Kier alpha value is -2.62. The van der Waals surface area contributed by atoms with Crippen LogP contribution in [0.1, 0.15) is 26.0 Å². The molecule has 0 bridgehead atoms. The third-order valence-corrected chi connectivity index (χ3v) is 3.82. The van der Waals surface area contributed by atoms with Crippen LogP contribution < -0.4 is 5.32 Å². The summed E-state index contributed by atoms with van der Waals surface area (Å²) < 4.78 is 0. The summed E-state index contributed by atoms with van der Waals surface area (Å²) in [5.74, 6) is -0.0878. The van der Waals surface area contributed by atoms with Crippen molar-refractivity contribution in [1.29, 1.82) is 0 Å². The summed E-state index contributed by atoms with van der Waals surface area (Å²) in [5, 5.41) is 5.19. The van der Waals surface area contributed by atoms with E-state index in [2.05, 4.69) is 21.4 Å². The molecule has 3 aromatic rings. The Kier molecular flexibility index (Phi) is 3.92. The number of amides is 1. The number of carbonyl (C=O) groups is 1. The number of carbonyl (C=O) groups excluding carboxylic acids is 1. The van der Waals surface area contributed by atoms with E-state index in [-0.39, 0.29) is 11.9 Å². The number of hydrogen-bond acceptors (Lipinski definition) is 2. The monoisotopic (exact) mass is 293 g/mol. The van der Waals surface area contributed by atoms with E-state index in [0.29, 0.717) is 0 Å². The molecule has 4 heteroatoms. The molecule has 0 saturated heterocycles. The quantitative estimate of drug-likeness (QED) is 0.721. The van der Waals surface area contributed by atoms with Crippen molar-refractivity contribution in [3.05, 3.63) is 48.3 Å². The first-order valence-electron chi connectivity index (χ1n) is 7.52. The summed E-state index contributed by atoms with van der Waals surface area (Å²) in [6.07, 6.45) is 6.01. The summed E-state index contributed by atoms with van der Waals surface area (Å²) in [6, 6.07) is 10.3. The van der Waals surface area contributed by atoms with Crippen LogP contribution in [0.3, 0.4) is 0 Å². The fraction of sp³-hybridized carbons (Fsp3) is 0.222. The topological polar surface area (TPSA) is 57.8 Å². The Labute approximate surface area is 129 Å². The predicted octanol–water partition coefficient (Wildman–Crippen LogP) is 3.64. The fourth-order valence-electron chi connectivity index (χ4n) is 2.41. The van der Waals surface area contributed by atoms with E-state index in [0.717, 1.165) is 28.5 Å². The van der Waals surface area contributed by atoms with Crippen molar-refractivity contribution < 1.29 is 4.79 Å². The van der Waals surface area contributed by atoms with Crippen molar-refractivity contribution in [2.24, 2.45) is 0 Å². The first-order chi connectivity index (χ1) is 10.7. The van der Waals surface area contributed by atoms with Gasteiger partial charge in [0.15, 0.2) is 0 Å². The molecule has 1 amide bonds. The molecule has 0 aliphatic carbocycles. The minimum absolute atomic E-state index is 0.0878. The molecule has 0 fully saturated rings. The van der Waals surface area contributed by atoms with Gasteiger partial charge in [-0.25, -0.2) is 0 Å². The molecule has 0 saturated carbocycles. The predicted molar refractivity (Wildman–Crippen MR) is 90.5 cm³/mol. The van der Waals surface area contributed by atoms with Crippen LogP contribution in [0.5, 0.6) is 0 Å². The number of pyridine rings is 1. The Balaban J connectivity index is 1.88. The first-order valence-corrected chi connectivity index (χ1v) is 7.52. The van der Waals surface area contributed by atoms with Gasteiger partial charge in [-0.2, -0.15) is 0 Å². The van der Waals surface area contributed by atoms with Gasteiger partial charge in [-0.1, -0.05) is 25.1 Å². The molecule has 1 atom stereocenters. The van der Waals surface area contributed by atoms with E-state index in [4.69, 9.17) is 0 Å². The van der Waals surface area contributed by atoms with Crippen LogP contribution in [0.2, 0.25) is 0 Å². The molecule has 2 heterocycles. The molecule has 0 radical (unpaired) electrons. The van der Waals surface area contributed by atoms with Crippen molar-refractivity contribution in [1.82, 2.24) is 15.3 Å². The minimum atomic E-state index is -0.0878. The lowest BCUT2D eigenvalue weighted by Crippen LogP contribution is -2.30. The highest BCUT2D eigenvalue weighted by molar-refractivity contribution is 6.07.